The van der Waals surface area contributed by atoms with E-state index in [0.29, 0.717) is 5.75 Å². The normalized spacial score (nSPS) is 10.8. The van der Waals surface area contributed by atoms with Crippen molar-refractivity contribution in [2.24, 2.45) is 0 Å². The molecule has 3 aromatic rings. The van der Waals surface area contributed by atoms with Crippen LogP contribution in [0.15, 0.2) is 47.2 Å². The Hall–Kier alpha value is -2.39. The summed E-state index contributed by atoms with van der Waals surface area (Å²) in [5.41, 5.74) is 0.810. The molecule has 25 heavy (non-hydrogen) atoms. The first-order chi connectivity index (χ1) is 12.2. The summed E-state index contributed by atoms with van der Waals surface area (Å²) in [5, 5.41) is 22.1. The molecule has 0 radical (unpaired) electrons. The van der Waals surface area contributed by atoms with Crippen molar-refractivity contribution < 1.29 is 9.66 Å². The van der Waals surface area contributed by atoms with Crippen LogP contribution in [0.1, 0.15) is 10.4 Å². The number of aryl methyl sites for hydroxylation is 2. The molecule has 0 spiro atoms. The number of nitro groups is 1. The molecule has 0 fully saturated rings. The number of benzene rings is 1. The smallest absolute Gasteiger partial charge is 0.311 e. The Morgan fingerprint density at radius 1 is 1.40 bits per heavy atom. The molecule has 0 aliphatic carbocycles. The third-order valence-electron chi connectivity index (χ3n) is 3.57. The van der Waals surface area contributed by atoms with E-state index in [4.69, 9.17) is 4.74 Å². The number of hydrogen-bond acceptors (Lipinski definition) is 7. The lowest BCUT2D eigenvalue weighted by molar-refractivity contribution is -0.385. The van der Waals surface area contributed by atoms with Crippen LogP contribution in [0.3, 0.4) is 0 Å². The van der Waals surface area contributed by atoms with Gasteiger partial charge in [0.25, 0.3) is 0 Å². The van der Waals surface area contributed by atoms with E-state index in [0.717, 1.165) is 23.7 Å². The van der Waals surface area contributed by atoms with Crippen molar-refractivity contribution in [3.05, 3.63) is 62.6 Å². The number of methoxy groups -OCH3 is 1. The minimum atomic E-state index is -0.434. The lowest BCUT2D eigenvalue weighted by Crippen LogP contribution is -2.01. The van der Waals surface area contributed by atoms with E-state index in [1.165, 1.54) is 29.8 Å². The minimum Gasteiger partial charge on any atom is -0.490 e. The molecule has 1 aromatic carbocycles. The Kier molecular flexibility index (Phi) is 5.67. The van der Waals surface area contributed by atoms with Gasteiger partial charge < -0.3 is 9.30 Å². The van der Waals surface area contributed by atoms with Gasteiger partial charge in [-0.05, 0) is 29.5 Å². The number of aromatic nitrogens is 3. The molecule has 3 rings (SSSR count). The van der Waals surface area contributed by atoms with E-state index < -0.39 is 4.92 Å². The molecule has 9 heteroatoms. The number of hydrogen-bond donors (Lipinski definition) is 0. The summed E-state index contributed by atoms with van der Waals surface area (Å²) in [4.78, 5) is 12.0. The summed E-state index contributed by atoms with van der Waals surface area (Å²) in [6, 6.07) is 9.13. The quantitative estimate of drug-likeness (QED) is 0.338. The van der Waals surface area contributed by atoms with Gasteiger partial charge in [-0.2, -0.15) is 0 Å². The molecule has 2 aromatic heterocycles. The summed E-state index contributed by atoms with van der Waals surface area (Å²) in [7, 11) is 1.42. The number of nitrogens with zero attached hydrogens (tertiary/aromatic N) is 4. The van der Waals surface area contributed by atoms with E-state index in [-0.39, 0.29) is 11.4 Å². The van der Waals surface area contributed by atoms with E-state index >= 15 is 0 Å². The van der Waals surface area contributed by atoms with Gasteiger partial charge in [-0.3, -0.25) is 10.1 Å². The fourth-order valence-corrected chi connectivity index (χ4v) is 3.89. The van der Waals surface area contributed by atoms with Gasteiger partial charge in [-0.25, -0.2) is 0 Å². The Bertz CT molecular complexity index is 849. The zero-order chi connectivity index (χ0) is 17.6. The second-order valence-electron chi connectivity index (χ2n) is 5.19. The third-order valence-corrected chi connectivity index (χ3v) is 5.56. The molecule has 2 heterocycles. The Morgan fingerprint density at radius 3 is 3.00 bits per heavy atom. The average molecular weight is 376 g/mol. The van der Waals surface area contributed by atoms with Crippen LogP contribution in [0.5, 0.6) is 5.75 Å². The highest BCUT2D eigenvalue weighted by Gasteiger charge is 2.15. The van der Waals surface area contributed by atoms with Crippen LogP contribution in [0.4, 0.5) is 5.69 Å². The standard InChI is InChI=1S/C16H16N4O3S2/c1-23-15-5-4-12(9-14(15)20(21)22)10-25-16-18-17-11-19(16)7-6-13-3-2-8-24-13/h2-5,8-9,11H,6-7,10H2,1H3. The number of thioether (sulfide) groups is 1. The molecule has 0 bridgehead atoms. The van der Waals surface area contributed by atoms with Gasteiger partial charge in [0.1, 0.15) is 6.33 Å². The maximum Gasteiger partial charge on any atom is 0.311 e. The molecular weight excluding hydrogens is 360 g/mol. The van der Waals surface area contributed by atoms with Crippen LogP contribution in [-0.4, -0.2) is 26.8 Å². The molecule has 7 nitrogen and oxygen atoms in total. The summed E-state index contributed by atoms with van der Waals surface area (Å²) in [5.74, 6) is 0.834. The molecule has 0 unspecified atom stereocenters. The van der Waals surface area contributed by atoms with Crippen molar-refractivity contribution in [1.82, 2.24) is 14.8 Å². The number of rotatable bonds is 8. The number of nitro benzene ring substituents is 1. The fourth-order valence-electron chi connectivity index (χ4n) is 2.31. The van der Waals surface area contributed by atoms with Gasteiger partial charge in [0.15, 0.2) is 10.9 Å². The molecule has 0 atom stereocenters. The highest BCUT2D eigenvalue weighted by molar-refractivity contribution is 7.98. The van der Waals surface area contributed by atoms with Crippen molar-refractivity contribution in [2.75, 3.05) is 7.11 Å². The molecule has 0 N–H and O–H groups in total. The monoisotopic (exact) mass is 376 g/mol. The van der Waals surface area contributed by atoms with Gasteiger partial charge >= 0.3 is 5.69 Å². The van der Waals surface area contributed by atoms with Gasteiger partial charge in [0.2, 0.25) is 0 Å². The highest BCUT2D eigenvalue weighted by atomic mass is 32.2. The van der Waals surface area contributed by atoms with Gasteiger partial charge in [0, 0.05) is 23.2 Å². The van der Waals surface area contributed by atoms with Crippen molar-refractivity contribution in [3.8, 4) is 5.75 Å². The number of ether oxygens (including phenoxy) is 1. The first kappa shape index (κ1) is 17.4. The highest BCUT2D eigenvalue weighted by Crippen LogP contribution is 2.30. The topological polar surface area (TPSA) is 83.1 Å². The summed E-state index contributed by atoms with van der Waals surface area (Å²) >= 11 is 3.24. The number of thiophene rings is 1. The zero-order valence-electron chi connectivity index (χ0n) is 13.5. The molecular formula is C16H16N4O3S2. The van der Waals surface area contributed by atoms with Crippen LogP contribution in [-0.2, 0) is 18.7 Å². The first-order valence-electron chi connectivity index (χ1n) is 7.51. The lowest BCUT2D eigenvalue weighted by Gasteiger charge is -2.07. The molecule has 0 saturated heterocycles. The second kappa shape index (κ2) is 8.13. The molecule has 0 aliphatic rings. The molecule has 0 aliphatic heterocycles. The Balaban J connectivity index is 1.65. The predicted molar refractivity (Wildman–Crippen MR) is 97.3 cm³/mol. The van der Waals surface area contributed by atoms with E-state index in [1.807, 2.05) is 16.7 Å². The van der Waals surface area contributed by atoms with Crippen LogP contribution in [0.2, 0.25) is 0 Å². The SMILES string of the molecule is COc1ccc(CSc2nncn2CCc2cccs2)cc1[N+](=O)[O-]. The summed E-state index contributed by atoms with van der Waals surface area (Å²) in [6.07, 6.45) is 2.64. The summed E-state index contributed by atoms with van der Waals surface area (Å²) < 4.78 is 7.03. The molecule has 0 amide bonds. The maximum absolute atomic E-state index is 11.1. The fraction of sp³-hybridized carbons (Fsp3) is 0.250. The third kappa shape index (κ3) is 4.37. The minimum absolute atomic E-state index is 0.0280. The largest absolute Gasteiger partial charge is 0.490 e. The van der Waals surface area contributed by atoms with Crippen LogP contribution < -0.4 is 4.74 Å². The van der Waals surface area contributed by atoms with Crippen molar-refractivity contribution in [1.29, 1.82) is 0 Å². The average Bonchev–Trinajstić information content (AvgIpc) is 3.29. The molecule has 130 valence electrons. The maximum atomic E-state index is 11.1. The van der Waals surface area contributed by atoms with Crippen LogP contribution >= 0.6 is 23.1 Å². The summed E-state index contributed by atoms with van der Waals surface area (Å²) in [6.45, 7) is 0.804. The van der Waals surface area contributed by atoms with E-state index in [2.05, 4.69) is 21.6 Å². The van der Waals surface area contributed by atoms with Crippen molar-refractivity contribution in [2.45, 2.75) is 23.9 Å². The first-order valence-corrected chi connectivity index (χ1v) is 9.38. The molecule has 0 saturated carbocycles. The van der Waals surface area contributed by atoms with Gasteiger partial charge in [-0.15, -0.1) is 21.5 Å². The van der Waals surface area contributed by atoms with Crippen molar-refractivity contribution in [3.63, 3.8) is 0 Å². The van der Waals surface area contributed by atoms with Crippen LogP contribution in [0.25, 0.3) is 0 Å². The van der Waals surface area contributed by atoms with Crippen molar-refractivity contribution >= 4 is 28.8 Å². The van der Waals surface area contributed by atoms with Gasteiger partial charge in [0.05, 0.1) is 12.0 Å². The predicted octanol–water partition coefficient (Wildman–Crippen LogP) is 3.79. The zero-order valence-corrected chi connectivity index (χ0v) is 15.1. The second-order valence-corrected chi connectivity index (χ2v) is 7.16. The van der Waals surface area contributed by atoms with E-state index in [9.17, 15) is 10.1 Å². The van der Waals surface area contributed by atoms with E-state index in [1.54, 1.807) is 23.7 Å². The lowest BCUT2D eigenvalue weighted by atomic mass is 10.2. The Morgan fingerprint density at radius 2 is 2.28 bits per heavy atom. The Labute approximate surface area is 152 Å². The van der Waals surface area contributed by atoms with Crippen LogP contribution in [0, 0.1) is 10.1 Å². The van der Waals surface area contributed by atoms with Gasteiger partial charge in [-0.1, -0.05) is 23.9 Å².